The number of hydrogen-bond acceptors (Lipinski definition) is 7. The lowest BCUT2D eigenvalue weighted by molar-refractivity contribution is -0.137. The number of aromatic nitrogens is 4. The second kappa shape index (κ2) is 10.1. The topological polar surface area (TPSA) is 97.2 Å². The van der Waals surface area contributed by atoms with E-state index in [0.717, 1.165) is 32.0 Å². The fourth-order valence-corrected chi connectivity index (χ4v) is 4.87. The van der Waals surface area contributed by atoms with E-state index in [-0.39, 0.29) is 35.1 Å². The van der Waals surface area contributed by atoms with Crippen molar-refractivity contribution in [3.8, 4) is 11.3 Å². The Labute approximate surface area is 212 Å². The second-order valence-electron chi connectivity index (χ2n) is 9.53. The molecule has 12 heteroatoms. The van der Waals surface area contributed by atoms with Gasteiger partial charge in [-0.15, -0.1) is 0 Å². The fourth-order valence-electron chi connectivity index (χ4n) is 4.87. The number of rotatable bonds is 8. The van der Waals surface area contributed by atoms with Gasteiger partial charge in [-0.25, -0.2) is 9.97 Å². The third-order valence-corrected chi connectivity index (χ3v) is 6.89. The number of halogens is 3. The zero-order valence-corrected chi connectivity index (χ0v) is 20.4. The molecule has 0 atom stereocenters. The Hall–Kier alpha value is -3.51. The molecule has 2 aromatic heterocycles. The number of ether oxygens (including phenoxy) is 1. The van der Waals surface area contributed by atoms with Crippen LogP contribution in [0.15, 0.2) is 42.9 Å². The van der Waals surface area contributed by atoms with Crippen LogP contribution in [-0.4, -0.2) is 59.0 Å². The molecule has 2 aliphatic rings. The van der Waals surface area contributed by atoms with Gasteiger partial charge in [0.05, 0.1) is 18.5 Å². The van der Waals surface area contributed by atoms with Crippen LogP contribution in [0.5, 0.6) is 0 Å². The van der Waals surface area contributed by atoms with E-state index in [1.165, 1.54) is 6.20 Å². The molecule has 1 aliphatic carbocycles. The van der Waals surface area contributed by atoms with Gasteiger partial charge in [-0.05, 0) is 44.2 Å². The van der Waals surface area contributed by atoms with Crippen molar-refractivity contribution >= 4 is 23.2 Å². The number of anilines is 3. The van der Waals surface area contributed by atoms with Crippen molar-refractivity contribution in [3.63, 3.8) is 0 Å². The molecule has 0 radical (unpaired) electrons. The first kappa shape index (κ1) is 25.2. The SMILES string of the molecule is CNCC1(Cn2cc(-c3nc(Nc4ccc(N5CCOCC5=O)cc4)ncc3C(F)(F)F)cn2)CCC1. The molecule has 196 valence electrons. The van der Waals surface area contributed by atoms with Gasteiger partial charge in [-0.3, -0.25) is 9.48 Å². The minimum atomic E-state index is -4.62. The van der Waals surface area contributed by atoms with E-state index >= 15 is 0 Å². The van der Waals surface area contributed by atoms with Crippen LogP contribution in [0.2, 0.25) is 0 Å². The first-order valence-corrected chi connectivity index (χ1v) is 12.1. The molecular weight excluding hydrogens is 487 g/mol. The van der Waals surface area contributed by atoms with Crippen molar-refractivity contribution in [1.29, 1.82) is 0 Å². The summed E-state index contributed by atoms with van der Waals surface area (Å²) in [6, 6.07) is 6.94. The van der Waals surface area contributed by atoms with Crippen molar-refractivity contribution in [2.45, 2.75) is 32.0 Å². The van der Waals surface area contributed by atoms with Gasteiger partial charge in [0.25, 0.3) is 5.91 Å². The van der Waals surface area contributed by atoms with Crippen LogP contribution in [0.3, 0.4) is 0 Å². The summed E-state index contributed by atoms with van der Waals surface area (Å²) in [5.41, 5.74) is 0.474. The van der Waals surface area contributed by atoms with E-state index in [1.54, 1.807) is 40.0 Å². The lowest BCUT2D eigenvalue weighted by Crippen LogP contribution is -2.42. The summed E-state index contributed by atoms with van der Waals surface area (Å²) in [5.74, 6) is -0.103. The maximum Gasteiger partial charge on any atom is 0.419 e. The van der Waals surface area contributed by atoms with Crippen LogP contribution in [0, 0.1) is 5.41 Å². The maximum absolute atomic E-state index is 13.8. The molecule has 2 N–H and O–H groups in total. The summed E-state index contributed by atoms with van der Waals surface area (Å²) >= 11 is 0. The molecular formula is C25H28F3N7O2. The smallest absolute Gasteiger partial charge is 0.370 e. The highest BCUT2D eigenvalue weighted by atomic mass is 19.4. The van der Waals surface area contributed by atoms with Crippen LogP contribution in [0.1, 0.15) is 24.8 Å². The lowest BCUT2D eigenvalue weighted by atomic mass is 9.68. The van der Waals surface area contributed by atoms with E-state index in [2.05, 4.69) is 25.7 Å². The Bertz CT molecular complexity index is 1260. The van der Waals surface area contributed by atoms with Crippen molar-refractivity contribution in [1.82, 2.24) is 25.1 Å². The monoisotopic (exact) mass is 515 g/mol. The zero-order chi connectivity index (χ0) is 26.0. The first-order valence-electron chi connectivity index (χ1n) is 12.1. The summed E-state index contributed by atoms with van der Waals surface area (Å²) in [6.45, 7) is 2.41. The molecule has 1 saturated heterocycles. The van der Waals surface area contributed by atoms with Crippen molar-refractivity contribution in [3.05, 3.63) is 48.4 Å². The minimum Gasteiger partial charge on any atom is -0.370 e. The molecule has 1 aromatic carbocycles. The predicted octanol–water partition coefficient (Wildman–Crippen LogP) is 3.86. The number of hydrogen-bond donors (Lipinski definition) is 2. The quantitative estimate of drug-likeness (QED) is 0.470. The van der Waals surface area contributed by atoms with E-state index in [0.29, 0.717) is 31.1 Å². The van der Waals surface area contributed by atoms with Crippen molar-refractivity contribution in [2.75, 3.05) is 43.6 Å². The maximum atomic E-state index is 13.8. The Morgan fingerprint density at radius 2 is 1.95 bits per heavy atom. The standard InChI is InChI=1S/C25H28F3N7O2/c1-29-15-24(7-2-8-24)16-34-13-17(11-31-34)22-20(25(26,27)28)12-30-23(33-22)32-18-3-5-19(6-4-18)35-9-10-37-14-21(35)36/h3-6,11-13,29H,2,7-10,14-16H2,1H3,(H,30,32,33). The zero-order valence-electron chi connectivity index (χ0n) is 20.4. The number of alkyl halides is 3. The van der Waals surface area contributed by atoms with Gasteiger partial charge in [-0.2, -0.15) is 18.3 Å². The summed E-state index contributed by atoms with van der Waals surface area (Å²) < 4.78 is 48.3. The van der Waals surface area contributed by atoms with Gasteiger partial charge in [-0.1, -0.05) is 6.42 Å². The molecule has 0 spiro atoms. The lowest BCUT2D eigenvalue weighted by Gasteiger charge is -2.41. The molecule has 2 fully saturated rings. The number of nitrogens with one attached hydrogen (secondary N) is 2. The average Bonchev–Trinajstić information content (AvgIpc) is 3.31. The molecule has 3 aromatic rings. The third-order valence-electron chi connectivity index (χ3n) is 6.89. The predicted molar refractivity (Wildman–Crippen MR) is 131 cm³/mol. The highest BCUT2D eigenvalue weighted by Crippen LogP contribution is 2.42. The van der Waals surface area contributed by atoms with Gasteiger partial charge in [0.15, 0.2) is 0 Å². The molecule has 0 unspecified atom stereocenters. The number of carbonyl (C=O) groups excluding carboxylic acids is 1. The Morgan fingerprint density at radius 1 is 1.16 bits per heavy atom. The number of amides is 1. The Balaban J connectivity index is 1.37. The van der Waals surface area contributed by atoms with E-state index < -0.39 is 11.7 Å². The number of carbonyl (C=O) groups is 1. The van der Waals surface area contributed by atoms with Crippen LogP contribution >= 0.6 is 0 Å². The summed E-state index contributed by atoms with van der Waals surface area (Å²) in [5, 5.41) is 10.5. The molecule has 0 bridgehead atoms. The average molecular weight is 516 g/mol. The van der Waals surface area contributed by atoms with Crippen LogP contribution in [0.25, 0.3) is 11.3 Å². The Kier molecular flexibility index (Phi) is 6.86. The minimum absolute atomic E-state index is 0.0246. The second-order valence-corrected chi connectivity index (χ2v) is 9.53. The van der Waals surface area contributed by atoms with Gasteiger partial charge in [0, 0.05) is 54.4 Å². The van der Waals surface area contributed by atoms with Crippen LogP contribution < -0.4 is 15.5 Å². The van der Waals surface area contributed by atoms with Crippen molar-refractivity contribution < 1.29 is 22.7 Å². The van der Waals surface area contributed by atoms with Gasteiger partial charge < -0.3 is 20.3 Å². The molecule has 37 heavy (non-hydrogen) atoms. The van der Waals surface area contributed by atoms with Gasteiger partial charge in [0.2, 0.25) is 5.95 Å². The van der Waals surface area contributed by atoms with E-state index in [1.807, 2.05) is 7.05 Å². The van der Waals surface area contributed by atoms with E-state index in [9.17, 15) is 18.0 Å². The number of benzene rings is 1. The van der Waals surface area contributed by atoms with Crippen LogP contribution in [-0.2, 0) is 22.3 Å². The summed E-state index contributed by atoms with van der Waals surface area (Å²) in [6.07, 6.45) is 2.44. The summed E-state index contributed by atoms with van der Waals surface area (Å²) in [4.78, 5) is 21.8. The van der Waals surface area contributed by atoms with Gasteiger partial charge >= 0.3 is 6.18 Å². The molecule has 1 amide bonds. The highest BCUT2D eigenvalue weighted by molar-refractivity contribution is 5.95. The van der Waals surface area contributed by atoms with E-state index in [4.69, 9.17) is 4.74 Å². The molecule has 9 nitrogen and oxygen atoms in total. The fraction of sp³-hybridized carbons (Fsp3) is 0.440. The molecule has 1 aliphatic heterocycles. The number of nitrogens with zero attached hydrogens (tertiary/aromatic N) is 5. The van der Waals surface area contributed by atoms with Crippen molar-refractivity contribution in [2.24, 2.45) is 5.41 Å². The highest BCUT2D eigenvalue weighted by Gasteiger charge is 2.38. The van der Waals surface area contributed by atoms with Crippen LogP contribution in [0.4, 0.5) is 30.5 Å². The molecule has 5 rings (SSSR count). The summed E-state index contributed by atoms with van der Waals surface area (Å²) in [7, 11) is 1.90. The normalized spacial score (nSPS) is 17.5. The first-order chi connectivity index (χ1) is 17.8. The Morgan fingerprint density at radius 3 is 2.59 bits per heavy atom. The van der Waals surface area contributed by atoms with Gasteiger partial charge in [0.1, 0.15) is 12.2 Å². The molecule has 3 heterocycles. The molecule has 1 saturated carbocycles. The largest absolute Gasteiger partial charge is 0.419 e. The third kappa shape index (κ3) is 5.44. The number of morpholine rings is 1.